The van der Waals surface area contributed by atoms with E-state index >= 15 is 0 Å². The molecule has 10 heavy (non-hydrogen) atoms. The average molecular weight is 137 g/mol. The molecule has 0 fully saturated rings. The van der Waals surface area contributed by atoms with Crippen LogP contribution in [-0.4, -0.2) is 11.5 Å². The van der Waals surface area contributed by atoms with E-state index in [2.05, 4.69) is 17.2 Å². The monoisotopic (exact) mass is 137 g/mol. The number of rotatable bonds is 3. The van der Waals surface area contributed by atoms with Gasteiger partial charge in [0.15, 0.2) is 0 Å². The first-order valence-electron chi connectivity index (χ1n) is 3.65. The predicted octanol–water partition coefficient (Wildman–Crippen LogP) is 0.165. The van der Waals surface area contributed by atoms with E-state index in [0.717, 1.165) is 18.8 Å². The van der Waals surface area contributed by atoms with Crippen molar-refractivity contribution in [3.63, 3.8) is 0 Å². The highest BCUT2D eigenvalue weighted by Gasteiger charge is 1.90. The Bertz CT molecular complexity index is 172. The van der Waals surface area contributed by atoms with Crippen LogP contribution in [0.4, 0.5) is 0 Å². The molecule has 1 rings (SSSR count). The van der Waals surface area contributed by atoms with Crippen LogP contribution in [0.3, 0.4) is 0 Å². The summed E-state index contributed by atoms with van der Waals surface area (Å²) < 4.78 is 0. The quantitative estimate of drug-likeness (QED) is 0.632. The van der Waals surface area contributed by atoms with Gasteiger partial charge in [-0.2, -0.15) is 0 Å². The summed E-state index contributed by atoms with van der Waals surface area (Å²) in [4.78, 5) is 4.19. The fourth-order valence-electron chi connectivity index (χ4n) is 0.811. The molecule has 1 aromatic rings. The molecule has 1 aromatic heterocycles. The Labute approximate surface area is 61.3 Å². The van der Waals surface area contributed by atoms with Crippen molar-refractivity contribution in [1.29, 1.82) is 0 Å². The van der Waals surface area contributed by atoms with Gasteiger partial charge in [0.05, 0.1) is 12.2 Å². The first-order valence-corrected chi connectivity index (χ1v) is 3.65. The smallest absolute Gasteiger partial charge is 0.118 e. The third-order valence-electron chi connectivity index (χ3n) is 1.37. The van der Waals surface area contributed by atoms with Gasteiger partial charge < -0.3 is 5.32 Å². The summed E-state index contributed by atoms with van der Waals surface area (Å²) in [6, 6.07) is 6.01. The maximum atomic E-state index is 4.19. The Hall–Kier alpha value is -0.890. The molecule has 0 spiro atoms. The normalized spacial score (nSPS) is 9.70. The molecular formula is C8H13N2+. The Morgan fingerprint density at radius 2 is 2.40 bits per heavy atom. The molecular weight excluding hydrogens is 124 g/mol. The van der Waals surface area contributed by atoms with Gasteiger partial charge in [0.2, 0.25) is 0 Å². The van der Waals surface area contributed by atoms with Gasteiger partial charge in [-0.1, -0.05) is 6.07 Å². The van der Waals surface area contributed by atoms with E-state index in [1.807, 2.05) is 24.4 Å². The van der Waals surface area contributed by atoms with Crippen molar-refractivity contribution in [3.8, 4) is 0 Å². The molecule has 0 saturated carbocycles. The van der Waals surface area contributed by atoms with Crippen molar-refractivity contribution < 1.29 is 5.32 Å². The van der Waals surface area contributed by atoms with Crippen LogP contribution in [-0.2, 0) is 6.54 Å². The van der Waals surface area contributed by atoms with E-state index in [-0.39, 0.29) is 0 Å². The largest absolute Gasteiger partial charge is 0.341 e. The van der Waals surface area contributed by atoms with Gasteiger partial charge in [0, 0.05) is 6.20 Å². The predicted molar refractivity (Wildman–Crippen MR) is 40.4 cm³/mol. The number of quaternary nitrogens is 1. The highest BCUT2D eigenvalue weighted by atomic mass is 14.9. The summed E-state index contributed by atoms with van der Waals surface area (Å²) in [5.74, 6) is 0. The molecule has 0 atom stereocenters. The maximum absolute atomic E-state index is 4.19. The van der Waals surface area contributed by atoms with Gasteiger partial charge in [-0.15, -0.1) is 0 Å². The average Bonchev–Trinajstić information content (AvgIpc) is 2.03. The van der Waals surface area contributed by atoms with Crippen LogP contribution < -0.4 is 5.32 Å². The van der Waals surface area contributed by atoms with E-state index in [1.165, 1.54) is 0 Å². The molecule has 54 valence electrons. The van der Waals surface area contributed by atoms with Crippen molar-refractivity contribution in [2.45, 2.75) is 13.5 Å². The number of pyridine rings is 1. The summed E-state index contributed by atoms with van der Waals surface area (Å²) in [7, 11) is 0. The first kappa shape index (κ1) is 7.22. The molecule has 0 aliphatic rings. The fourth-order valence-corrected chi connectivity index (χ4v) is 0.811. The van der Waals surface area contributed by atoms with E-state index < -0.39 is 0 Å². The van der Waals surface area contributed by atoms with Crippen LogP contribution >= 0.6 is 0 Å². The number of hydrogen-bond donors (Lipinski definition) is 1. The van der Waals surface area contributed by atoms with Crippen molar-refractivity contribution >= 4 is 0 Å². The summed E-state index contributed by atoms with van der Waals surface area (Å²) in [6.45, 7) is 4.26. The molecule has 0 unspecified atom stereocenters. The number of aromatic nitrogens is 1. The van der Waals surface area contributed by atoms with Gasteiger partial charge in [-0.3, -0.25) is 4.98 Å². The molecule has 0 aromatic carbocycles. The Kier molecular flexibility index (Phi) is 2.90. The van der Waals surface area contributed by atoms with Gasteiger partial charge in [-0.05, 0) is 19.1 Å². The molecule has 1 heterocycles. The van der Waals surface area contributed by atoms with E-state index in [1.54, 1.807) is 0 Å². The highest BCUT2D eigenvalue weighted by molar-refractivity contribution is 5.01. The Morgan fingerprint density at radius 3 is 3.00 bits per heavy atom. The van der Waals surface area contributed by atoms with E-state index in [0.29, 0.717) is 0 Å². The summed E-state index contributed by atoms with van der Waals surface area (Å²) >= 11 is 0. The van der Waals surface area contributed by atoms with Crippen molar-refractivity contribution in [3.05, 3.63) is 30.1 Å². The SMILES string of the molecule is CC[NH2+]Cc1ccccn1. The first-order chi connectivity index (χ1) is 4.93. The number of nitrogens with zero attached hydrogens (tertiary/aromatic N) is 1. The molecule has 0 radical (unpaired) electrons. The molecule has 2 heteroatoms. The molecule has 0 bridgehead atoms. The third-order valence-corrected chi connectivity index (χ3v) is 1.37. The number of hydrogen-bond acceptors (Lipinski definition) is 1. The van der Waals surface area contributed by atoms with Crippen LogP contribution in [0.15, 0.2) is 24.4 Å². The summed E-state index contributed by atoms with van der Waals surface area (Å²) in [5.41, 5.74) is 1.16. The van der Waals surface area contributed by atoms with Crippen LogP contribution in [0, 0.1) is 0 Å². The molecule has 0 amide bonds. The van der Waals surface area contributed by atoms with Gasteiger partial charge in [0.1, 0.15) is 6.54 Å². The van der Waals surface area contributed by atoms with Crippen LogP contribution in [0.25, 0.3) is 0 Å². The lowest BCUT2D eigenvalue weighted by atomic mass is 10.3. The minimum Gasteiger partial charge on any atom is -0.341 e. The molecule has 2 N–H and O–H groups in total. The van der Waals surface area contributed by atoms with Crippen molar-refractivity contribution in [2.24, 2.45) is 0 Å². The van der Waals surface area contributed by atoms with Gasteiger partial charge >= 0.3 is 0 Å². The molecule has 0 aliphatic heterocycles. The summed E-state index contributed by atoms with van der Waals surface area (Å²) in [5, 5.41) is 2.22. The van der Waals surface area contributed by atoms with Gasteiger partial charge in [-0.25, -0.2) is 0 Å². The maximum Gasteiger partial charge on any atom is 0.118 e. The lowest BCUT2D eigenvalue weighted by molar-refractivity contribution is -0.668. The zero-order valence-corrected chi connectivity index (χ0v) is 6.25. The van der Waals surface area contributed by atoms with Crippen molar-refractivity contribution in [2.75, 3.05) is 6.54 Å². The highest BCUT2D eigenvalue weighted by Crippen LogP contribution is 1.87. The molecule has 2 nitrogen and oxygen atoms in total. The standard InChI is InChI=1S/C8H12N2/c1-2-9-7-8-5-3-4-6-10-8/h3-6,9H,2,7H2,1H3/p+1. The zero-order chi connectivity index (χ0) is 7.23. The second-order valence-corrected chi connectivity index (χ2v) is 2.22. The minimum atomic E-state index is 0.997. The van der Waals surface area contributed by atoms with E-state index in [9.17, 15) is 0 Å². The Morgan fingerprint density at radius 1 is 1.50 bits per heavy atom. The third kappa shape index (κ3) is 2.15. The molecule has 0 saturated heterocycles. The van der Waals surface area contributed by atoms with E-state index in [4.69, 9.17) is 0 Å². The topological polar surface area (TPSA) is 29.5 Å². The van der Waals surface area contributed by atoms with Crippen LogP contribution in [0.1, 0.15) is 12.6 Å². The fraction of sp³-hybridized carbons (Fsp3) is 0.375. The lowest BCUT2D eigenvalue weighted by Crippen LogP contribution is -2.82. The lowest BCUT2D eigenvalue weighted by Gasteiger charge is -1.95. The minimum absolute atomic E-state index is 0.997. The second kappa shape index (κ2) is 4.01. The van der Waals surface area contributed by atoms with Crippen LogP contribution in [0.2, 0.25) is 0 Å². The second-order valence-electron chi connectivity index (χ2n) is 2.22. The summed E-state index contributed by atoms with van der Waals surface area (Å²) in [6.07, 6.45) is 1.83. The number of nitrogens with two attached hydrogens (primary N) is 1. The van der Waals surface area contributed by atoms with Crippen molar-refractivity contribution in [1.82, 2.24) is 4.98 Å². The Balaban J connectivity index is 2.43. The van der Waals surface area contributed by atoms with Crippen LogP contribution in [0.5, 0.6) is 0 Å². The molecule has 0 aliphatic carbocycles. The van der Waals surface area contributed by atoms with Gasteiger partial charge in [0.25, 0.3) is 0 Å². The zero-order valence-electron chi connectivity index (χ0n) is 6.25.